The lowest BCUT2D eigenvalue weighted by atomic mass is 10.1. The molecule has 0 bridgehead atoms. The second-order valence-electron chi connectivity index (χ2n) is 10.9. The molecule has 278 valence electrons. The van der Waals surface area contributed by atoms with Crippen LogP contribution in [0.5, 0.6) is 0 Å². The van der Waals surface area contributed by atoms with Crippen molar-refractivity contribution in [1.82, 2.24) is 11.0 Å². The van der Waals surface area contributed by atoms with Gasteiger partial charge < -0.3 is 10.6 Å². The fourth-order valence-corrected chi connectivity index (χ4v) is 6.39. The molecule has 0 aliphatic carbocycles. The first-order valence-electron chi connectivity index (χ1n) is 15.6. The smallest absolute Gasteiger partial charge is 0.277 e. The van der Waals surface area contributed by atoms with Gasteiger partial charge in [-0.15, -0.1) is 0 Å². The summed E-state index contributed by atoms with van der Waals surface area (Å²) in [7, 11) is 0. The average Bonchev–Trinajstić information content (AvgIpc) is 3.10. The van der Waals surface area contributed by atoms with Gasteiger partial charge in [0, 0.05) is 18.5 Å². The van der Waals surface area contributed by atoms with E-state index in [4.69, 9.17) is 9.68 Å². The second-order valence-corrected chi connectivity index (χ2v) is 15.1. The van der Waals surface area contributed by atoms with Gasteiger partial charge in [0.05, 0.1) is 44.7 Å². The molecule has 16 heteroatoms. The van der Waals surface area contributed by atoms with E-state index in [-0.39, 0.29) is 38.1 Å². The monoisotopic (exact) mass is 1070 g/mol. The van der Waals surface area contributed by atoms with Gasteiger partial charge in [0.15, 0.2) is 23.3 Å². The van der Waals surface area contributed by atoms with Crippen molar-refractivity contribution < 1.29 is 36.8 Å². The SMILES string of the molecule is CC=CCONC(=O)c1cc(Br)c(F)c(F)c1Nc1ccc(I)cc1C.CCCCONC(=O)c1cc(Br)c(F)c(F)c1Nc1ccc(I)cc1C. The lowest BCUT2D eigenvalue weighted by molar-refractivity contribution is 0.0302. The Kier molecular flexibility index (Phi) is 17.8. The number of hydroxylamine groups is 2. The number of hydrogen-bond donors (Lipinski definition) is 4. The number of unbranched alkanes of at least 4 members (excludes halogenated alkanes) is 1. The van der Waals surface area contributed by atoms with Crippen molar-refractivity contribution in [2.24, 2.45) is 0 Å². The van der Waals surface area contributed by atoms with Crippen molar-refractivity contribution in [2.75, 3.05) is 23.8 Å². The highest BCUT2D eigenvalue weighted by atomic mass is 127. The lowest BCUT2D eigenvalue weighted by Crippen LogP contribution is -2.25. The van der Waals surface area contributed by atoms with Crippen molar-refractivity contribution in [2.45, 2.75) is 40.5 Å². The number of benzene rings is 4. The number of carbonyl (C=O) groups is 2. The third-order valence-corrected chi connectivity index (χ3v) is 9.55. The summed E-state index contributed by atoms with van der Waals surface area (Å²) in [5.41, 5.74) is 6.63. The molecular weight excluding hydrogens is 1040 g/mol. The van der Waals surface area contributed by atoms with E-state index in [0.29, 0.717) is 18.0 Å². The molecule has 0 heterocycles. The number of rotatable bonds is 13. The van der Waals surface area contributed by atoms with Gasteiger partial charge in [0.2, 0.25) is 0 Å². The zero-order valence-corrected chi connectivity index (χ0v) is 35.7. The molecule has 0 unspecified atom stereocenters. The van der Waals surface area contributed by atoms with Crippen LogP contribution in [0, 0.1) is 44.3 Å². The van der Waals surface area contributed by atoms with E-state index in [0.717, 1.165) is 31.1 Å². The number of nitrogens with one attached hydrogen (secondary N) is 4. The minimum absolute atomic E-state index is 0.0646. The van der Waals surface area contributed by atoms with Crippen LogP contribution in [0.15, 0.2) is 69.6 Å². The number of halogens is 8. The van der Waals surface area contributed by atoms with Crippen LogP contribution in [-0.2, 0) is 9.68 Å². The lowest BCUT2D eigenvalue weighted by Gasteiger charge is -2.16. The Bertz CT molecular complexity index is 1950. The average molecular weight is 1080 g/mol. The molecule has 8 nitrogen and oxygen atoms in total. The molecular formula is C36H34Br2F4I2N4O4. The summed E-state index contributed by atoms with van der Waals surface area (Å²) in [4.78, 5) is 34.8. The highest BCUT2D eigenvalue weighted by Crippen LogP contribution is 2.34. The number of allylic oxidation sites excluding steroid dienone is 1. The van der Waals surface area contributed by atoms with E-state index >= 15 is 0 Å². The van der Waals surface area contributed by atoms with E-state index in [1.54, 1.807) is 24.3 Å². The molecule has 4 N–H and O–H groups in total. The zero-order valence-electron chi connectivity index (χ0n) is 28.3. The first-order valence-corrected chi connectivity index (χ1v) is 19.3. The number of amides is 2. The second kappa shape index (κ2) is 21.2. The molecule has 52 heavy (non-hydrogen) atoms. The molecule has 0 aliphatic rings. The molecule has 0 aliphatic heterocycles. The van der Waals surface area contributed by atoms with Crippen LogP contribution in [0.4, 0.5) is 40.3 Å². The molecule has 0 saturated heterocycles. The topological polar surface area (TPSA) is 101 Å². The van der Waals surface area contributed by atoms with Crippen LogP contribution in [0.1, 0.15) is 58.5 Å². The van der Waals surface area contributed by atoms with Gasteiger partial charge in [-0.3, -0.25) is 19.3 Å². The van der Waals surface area contributed by atoms with Crippen molar-refractivity contribution in [3.8, 4) is 0 Å². The molecule has 0 fully saturated rings. The quantitative estimate of drug-likeness (QED) is 0.0266. The minimum Gasteiger partial charge on any atom is -0.352 e. The minimum atomic E-state index is -1.16. The fraction of sp³-hybridized carbons (Fsp3) is 0.222. The Morgan fingerprint density at radius 1 is 0.731 bits per heavy atom. The number of aryl methyl sites for hydroxylation is 2. The fourth-order valence-electron chi connectivity index (χ4n) is 4.29. The Balaban J connectivity index is 0.000000280. The molecule has 4 aromatic carbocycles. The molecule has 0 aromatic heterocycles. The maximum atomic E-state index is 14.5. The molecule has 2 amide bonds. The first-order chi connectivity index (χ1) is 24.7. The van der Waals surface area contributed by atoms with Gasteiger partial charge in [-0.05, 0) is 164 Å². The van der Waals surface area contributed by atoms with Gasteiger partial charge in [-0.1, -0.05) is 25.5 Å². The van der Waals surface area contributed by atoms with E-state index in [1.807, 2.05) is 52.0 Å². The molecule has 0 saturated carbocycles. The first kappa shape index (κ1) is 43.6. The van der Waals surface area contributed by atoms with Crippen LogP contribution < -0.4 is 21.6 Å². The van der Waals surface area contributed by atoms with Crippen LogP contribution in [0.25, 0.3) is 0 Å². The van der Waals surface area contributed by atoms with E-state index in [1.165, 1.54) is 12.1 Å². The predicted molar refractivity (Wildman–Crippen MR) is 219 cm³/mol. The molecule has 4 rings (SSSR count). The van der Waals surface area contributed by atoms with Crippen LogP contribution in [-0.4, -0.2) is 25.0 Å². The maximum absolute atomic E-state index is 14.5. The zero-order chi connectivity index (χ0) is 38.5. The standard InChI is InChI=1S/C18H18BrF2IN2O2.C18H16BrF2IN2O2/c2*1-3-4-7-26-24-18(25)12-9-13(19)15(20)16(21)17(12)23-14-6-5-11(22)8-10(14)2/h5-6,8-9,23H,3-4,7H2,1-2H3,(H,24,25);3-6,8-9,23H,7H2,1-2H3,(H,24,25). The number of carbonyl (C=O) groups excluding carboxylic acids is 2. The van der Waals surface area contributed by atoms with Crippen molar-refractivity contribution in [3.63, 3.8) is 0 Å². The van der Waals surface area contributed by atoms with Crippen molar-refractivity contribution >= 4 is 112 Å². The van der Waals surface area contributed by atoms with E-state index < -0.39 is 35.1 Å². The Morgan fingerprint density at radius 3 is 1.58 bits per heavy atom. The number of hydrogen-bond acceptors (Lipinski definition) is 6. The summed E-state index contributed by atoms with van der Waals surface area (Å²) in [5.74, 6) is -5.81. The van der Waals surface area contributed by atoms with E-state index in [2.05, 4.69) is 98.6 Å². The predicted octanol–water partition coefficient (Wildman–Crippen LogP) is 11.5. The Hall–Kier alpha value is -2.78. The molecule has 0 spiro atoms. The summed E-state index contributed by atoms with van der Waals surface area (Å²) < 4.78 is 58.8. The van der Waals surface area contributed by atoms with Gasteiger partial charge in [-0.25, -0.2) is 28.5 Å². The molecule has 0 atom stereocenters. The van der Waals surface area contributed by atoms with Crippen LogP contribution in [0.2, 0.25) is 0 Å². The summed E-state index contributed by atoms with van der Waals surface area (Å²) in [6, 6.07) is 13.3. The van der Waals surface area contributed by atoms with Gasteiger partial charge in [0.25, 0.3) is 11.8 Å². The van der Waals surface area contributed by atoms with E-state index in [9.17, 15) is 27.2 Å². The van der Waals surface area contributed by atoms with Gasteiger partial charge >= 0.3 is 0 Å². The maximum Gasteiger partial charge on any atom is 0.277 e. The largest absolute Gasteiger partial charge is 0.352 e. The summed E-state index contributed by atoms with van der Waals surface area (Å²) in [6.45, 7) is 7.97. The normalized spacial score (nSPS) is 10.8. The van der Waals surface area contributed by atoms with Crippen molar-refractivity contribution in [3.05, 3.63) is 122 Å². The van der Waals surface area contributed by atoms with Crippen molar-refractivity contribution in [1.29, 1.82) is 0 Å². The molecule has 0 radical (unpaired) electrons. The molecule has 4 aromatic rings. The summed E-state index contributed by atoms with van der Waals surface area (Å²) >= 11 is 10.2. The summed E-state index contributed by atoms with van der Waals surface area (Å²) in [6.07, 6.45) is 5.13. The third-order valence-electron chi connectivity index (χ3n) is 7.05. The highest BCUT2D eigenvalue weighted by Gasteiger charge is 2.24. The van der Waals surface area contributed by atoms with Crippen LogP contribution >= 0.6 is 77.0 Å². The third kappa shape index (κ3) is 12.1. The Morgan fingerprint density at radius 2 is 1.17 bits per heavy atom. The number of anilines is 4. The summed E-state index contributed by atoms with van der Waals surface area (Å²) in [5, 5.41) is 5.65. The highest BCUT2D eigenvalue weighted by molar-refractivity contribution is 14.1. The van der Waals surface area contributed by atoms with Gasteiger partial charge in [0.1, 0.15) is 0 Å². The van der Waals surface area contributed by atoms with Gasteiger partial charge in [-0.2, -0.15) is 0 Å². The van der Waals surface area contributed by atoms with Crippen LogP contribution in [0.3, 0.4) is 0 Å². The Labute approximate surface area is 343 Å².